The number of nitrogens with zero attached hydrogens (tertiary/aromatic N) is 1. The summed E-state index contributed by atoms with van der Waals surface area (Å²) in [6, 6.07) is 6.14. The number of rotatable bonds is 1. The van der Waals surface area contributed by atoms with Crippen LogP contribution >= 0.6 is 12.4 Å². The smallest absolute Gasteiger partial charge is 0.253 e. The second-order valence-electron chi connectivity index (χ2n) is 6.54. The lowest BCUT2D eigenvalue weighted by atomic mass is 9.82. The summed E-state index contributed by atoms with van der Waals surface area (Å²) in [4.78, 5) is 14.5. The predicted molar refractivity (Wildman–Crippen MR) is 83.2 cm³/mol. The summed E-state index contributed by atoms with van der Waals surface area (Å²) in [5, 5.41) is 3.32. The predicted octanol–water partition coefficient (Wildman–Crippen LogP) is 2.97. The zero-order chi connectivity index (χ0) is 13.5. The van der Waals surface area contributed by atoms with Gasteiger partial charge in [0.1, 0.15) is 0 Å². The van der Waals surface area contributed by atoms with Crippen molar-refractivity contribution >= 4 is 18.3 Å². The summed E-state index contributed by atoms with van der Waals surface area (Å²) in [6.07, 6.45) is 2.20. The third-order valence-electron chi connectivity index (χ3n) is 4.49. The molecule has 1 amide bonds. The number of benzene rings is 1. The molecule has 0 spiro atoms. The van der Waals surface area contributed by atoms with Gasteiger partial charge >= 0.3 is 0 Å². The van der Waals surface area contributed by atoms with Crippen LogP contribution in [0.3, 0.4) is 0 Å². The Morgan fingerprint density at radius 1 is 1.15 bits per heavy atom. The Kier molecular flexibility index (Phi) is 4.40. The molecule has 4 heteroatoms. The number of likely N-dealkylation sites (tertiary alicyclic amines) is 1. The Morgan fingerprint density at radius 2 is 1.80 bits per heavy atom. The van der Waals surface area contributed by atoms with Gasteiger partial charge in [-0.15, -0.1) is 12.4 Å². The van der Waals surface area contributed by atoms with E-state index in [1.165, 1.54) is 11.1 Å². The van der Waals surface area contributed by atoms with Crippen molar-refractivity contribution in [1.29, 1.82) is 0 Å². The van der Waals surface area contributed by atoms with Crippen LogP contribution in [0.25, 0.3) is 0 Å². The highest BCUT2D eigenvalue weighted by Crippen LogP contribution is 2.30. The Balaban J connectivity index is 0.00000147. The van der Waals surface area contributed by atoms with Crippen LogP contribution < -0.4 is 5.32 Å². The third kappa shape index (κ3) is 2.99. The molecule has 0 bridgehead atoms. The van der Waals surface area contributed by atoms with Gasteiger partial charge in [0.2, 0.25) is 0 Å². The number of carbonyl (C=O) groups excluding carboxylic acids is 1. The van der Waals surface area contributed by atoms with Crippen LogP contribution in [-0.4, -0.2) is 23.9 Å². The summed E-state index contributed by atoms with van der Waals surface area (Å²) >= 11 is 0. The van der Waals surface area contributed by atoms with Crippen LogP contribution in [0.15, 0.2) is 18.2 Å². The Morgan fingerprint density at radius 3 is 2.50 bits per heavy atom. The second-order valence-corrected chi connectivity index (χ2v) is 6.54. The van der Waals surface area contributed by atoms with Crippen LogP contribution in [-0.2, 0) is 13.1 Å². The molecule has 1 fully saturated rings. The molecule has 2 aliphatic heterocycles. The molecule has 1 N–H and O–H groups in total. The first-order valence-electron chi connectivity index (χ1n) is 7.17. The van der Waals surface area contributed by atoms with E-state index < -0.39 is 0 Å². The van der Waals surface area contributed by atoms with Crippen LogP contribution in [0.5, 0.6) is 0 Å². The highest BCUT2D eigenvalue weighted by molar-refractivity contribution is 5.94. The van der Waals surface area contributed by atoms with Gasteiger partial charge in [-0.3, -0.25) is 4.79 Å². The fourth-order valence-corrected chi connectivity index (χ4v) is 2.93. The van der Waals surface area contributed by atoms with Gasteiger partial charge in [0.25, 0.3) is 5.91 Å². The molecular formula is C16H23ClN2O. The van der Waals surface area contributed by atoms with E-state index in [1.54, 1.807) is 0 Å². The van der Waals surface area contributed by atoms with E-state index in [9.17, 15) is 4.79 Å². The average Bonchev–Trinajstić information content (AvgIpc) is 2.85. The molecule has 1 aromatic rings. The zero-order valence-corrected chi connectivity index (χ0v) is 13.1. The van der Waals surface area contributed by atoms with Crippen molar-refractivity contribution in [3.05, 3.63) is 34.9 Å². The topological polar surface area (TPSA) is 32.3 Å². The van der Waals surface area contributed by atoms with E-state index in [4.69, 9.17) is 0 Å². The molecule has 1 saturated heterocycles. The molecular weight excluding hydrogens is 272 g/mol. The molecule has 2 aliphatic rings. The minimum absolute atomic E-state index is 0. The SMILES string of the molecule is CC1(C)CCN(C(=O)c2ccc3c(c2)CNC3)CC1.Cl. The monoisotopic (exact) mass is 294 g/mol. The van der Waals surface area contributed by atoms with Gasteiger partial charge in [0, 0.05) is 31.7 Å². The van der Waals surface area contributed by atoms with Crippen molar-refractivity contribution in [1.82, 2.24) is 10.2 Å². The number of amides is 1. The number of piperidine rings is 1. The van der Waals surface area contributed by atoms with Gasteiger partial charge in [-0.2, -0.15) is 0 Å². The van der Waals surface area contributed by atoms with Crippen LogP contribution in [0.4, 0.5) is 0 Å². The molecule has 3 nitrogen and oxygen atoms in total. The molecule has 110 valence electrons. The maximum Gasteiger partial charge on any atom is 0.253 e. The molecule has 0 unspecified atom stereocenters. The minimum atomic E-state index is 0. The van der Waals surface area contributed by atoms with Crippen molar-refractivity contribution in [2.75, 3.05) is 13.1 Å². The molecule has 3 rings (SSSR count). The fourth-order valence-electron chi connectivity index (χ4n) is 2.93. The lowest BCUT2D eigenvalue weighted by Crippen LogP contribution is -2.41. The Hall–Kier alpha value is -1.06. The summed E-state index contributed by atoms with van der Waals surface area (Å²) in [5.74, 6) is 0.199. The van der Waals surface area contributed by atoms with Crippen molar-refractivity contribution in [2.45, 2.75) is 39.8 Å². The maximum atomic E-state index is 12.5. The van der Waals surface area contributed by atoms with Gasteiger partial charge in [0.05, 0.1) is 0 Å². The molecule has 0 aliphatic carbocycles. The van der Waals surface area contributed by atoms with Crippen molar-refractivity contribution in [3.8, 4) is 0 Å². The summed E-state index contributed by atoms with van der Waals surface area (Å²) in [7, 11) is 0. The van der Waals surface area contributed by atoms with Gasteiger partial charge in [-0.25, -0.2) is 0 Å². The van der Waals surface area contributed by atoms with Gasteiger partial charge in [-0.05, 0) is 41.5 Å². The fraction of sp³-hybridized carbons (Fsp3) is 0.562. The van der Waals surface area contributed by atoms with Crippen LogP contribution in [0, 0.1) is 5.41 Å². The number of hydrogen-bond acceptors (Lipinski definition) is 2. The molecule has 0 atom stereocenters. The first-order valence-corrected chi connectivity index (χ1v) is 7.17. The highest BCUT2D eigenvalue weighted by Gasteiger charge is 2.28. The minimum Gasteiger partial charge on any atom is -0.339 e. The first-order chi connectivity index (χ1) is 9.05. The van der Waals surface area contributed by atoms with Crippen molar-refractivity contribution in [2.24, 2.45) is 5.41 Å². The van der Waals surface area contributed by atoms with E-state index in [-0.39, 0.29) is 18.3 Å². The number of fused-ring (bicyclic) bond motifs is 1. The van der Waals surface area contributed by atoms with E-state index in [1.807, 2.05) is 11.0 Å². The van der Waals surface area contributed by atoms with Gasteiger partial charge in [0.15, 0.2) is 0 Å². The quantitative estimate of drug-likeness (QED) is 0.864. The molecule has 0 aromatic heterocycles. The normalized spacial score (nSPS) is 20.2. The van der Waals surface area contributed by atoms with E-state index in [0.29, 0.717) is 5.41 Å². The summed E-state index contributed by atoms with van der Waals surface area (Å²) < 4.78 is 0. The Labute approximate surface area is 127 Å². The van der Waals surface area contributed by atoms with Crippen molar-refractivity contribution < 1.29 is 4.79 Å². The largest absolute Gasteiger partial charge is 0.339 e. The average molecular weight is 295 g/mol. The van der Waals surface area contributed by atoms with Crippen LogP contribution in [0.2, 0.25) is 0 Å². The zero-order valence-electron chi connectivity index (χ0n) is 12.2. The number of halogens is 1. The first kappa shape index (κ1) is 15.3. The van der Waals surface area contributed by atoms with Gasteiger partial charge in [-0.1, -0.05) is 19.9 Å². The molecule has 1 aromatic carbocycles. The van der Waals surface area contributed by atoms with Gasteiger partial charge < -0.3 is 10.2 Å². The number of nitrogens with one attached hydrogen (secondary N) is 1. The third-order valence-corrected chi connectivity index (χ3v) is 4.49. The molecule has 0 saturated carbocycles. The molecule has 2 heterocycles. The highest BCUT2D eigenvalue weighted by atomic mass is 35.5. The van der Waals surface area contributed by atoms with E-state index in [0.717, 1.165) is 44.6 Å². The van der Waals surface area contributed by atoms with Crippen molar-refractivity contribution in [3.63, 3.8) is 0 Å². The number of carbonyl (C=O) groups is 1. The lowest BCUT2D eigenvalue weighted by molar-refractivity contribution is 0.0630. The number of hydrogen-bond donors (Lipinski definition) is 1. The van der Waals surface area contributed by atoms with E-state index in [2.05, 4.69) is 31.3 Å². The maximum absolute atomic E-state index is 12.5. The second kappa shape index (κ2) is 5.74. The molecule has 20 heavy (non-hydrogen) atoms. The molecule has 0 radical (unpaired) electrons. The standard InChI is InChI=1S/C16H22N2O.ClH/c1-16(2)5-7-18(8-6-16)15(19)12-3-4-13-10-17-11-14(13)9-12;/h3-4,9,17H,5-8,10-11H2,1-2H3;1H. The van der Waals surface area contributed by atoms with E-state index >= 15 is 0 Å². The summed E-state index contributed by atoms with van der Waals surface area (Å²) in [5.41, 5.74) is 3.85. The summed E-state index contributed by atoms with van der Waals surface area (Å²) in [6.45, 7) is 8.18. The lowest BCUT2D eigenvalue weighted by Gasteiger charge is -2.37. The van der Waals surface area contributed by atoms with Crippen LogP contribution in [0.1, 0.15) is 48.2 Å². The Bertz CT molecular complexity index is 503.